The molecular weight excluding hydrogens is 518 g/mol. The topological polar surface area (TPSA) is 96.3 Å². The highest BCUT2D eigenvalue weighted by molar-refractivity contribution is 6.33. The predicted molar refractivity (Wildman–Crippen MR) is 148 cm³/mol. The maximum absolute atomic E-state index is 6.33. The molecule has 0 aliphatic heterocycles. The van der Waals surface area contributed by atoms with Gasteiger partial charge in [-0.2, -0.15) is 0 Å². The molecule has 0 aliphatic rings. The lowest BCUT2D eigenvalue weighted by atomic mass is 9.99. The zero-order chi connectivity index (χ0) is 26.8. The minimum atomic E-state index is 0.0581. The van der Waals surface area contributed by atoms with Crippen molar-refractivity contribution in [3.63, 3.8) is 0 Å². The Balaban J connectivity index is 1.43. The molecule has 10 heteroatoms. The van der Waals surface area contributed by atoms with E-state index < -0.39 is 0 Å². The van der Waals surface area contributed by atoms with E-state index in [1.54, 1.807) is 37.3 Å². The van der Waals surface area contributed by atoms with E-state index in [1.807, 2.05) is 66.7 Å². The van der Waals surface area contributed by atoms with Gasteiger partial charge in [-0.05, 0) is 35.9 Å². The lowest BCUT2D eigenvalue weighted by molar-refractivity contribution is 0.126. The van der Waals surface area contributed by atoms with Crippen LogP contribution in [0.5, 0.6) is 11.5 Å². The second kappa shape index (κ2) is 10.5. The highest BCUT2D eigenvalue weighted by atomic mass is 35.5. The molecule has 6 aromatic rings. The standard InChI is InChI=1S/C29H22ClN5O4/c1-36-21-12-10-18(11-13-21)25-26-28-33-24(16-38-32-15-20-6-3-4-9-23(20)30)34-35(28)17-31-29(26)39-27(25)19-7-5-8-22(14-19)37-2/h3-15,17H,16H2,1-2H3/b32-15-. The van der Waals surface area contributed by atoms with Crippen LogP contribution in [-0.2, 0) is 11.4 Å². The Hall–Kier alpha value is -4.89. The zero-order valence-corrected chi connectivity index (χ0v) is 21.8. The van der Waals surface area contributed by atoms with Gasteiger partial charge in [0.05, 0.1) is 25.8 Å². The molecule has 0 saturated carbocycles. The number of hydrogen-bond acceptors (Lipinski definition) is 8. The summed E-state index contributed by atoms with van der Waals surface area (Å²) in [6.45, 7) is 0.0581. The Kier molecular flexibility index (Phi) is 6.56. The number of oxime groups is 1. The molecule has 39 heavy (non-hydrogen) atoms. The van der Waals surface area contributed by atoms with E-state index in [9.17, 15) is 0 Å². The average molecular weight is 540 g/mol. The fourth-order valence-electron chi connectivity index (χ4n) is 4.27. The van der Waals surface area contributed by atoms with Crippen molar-refractivity contribution in [3.05, 3.63) is 95.5 Å². The third kappa shape index (κ3) is 4.75. The normalized spacial score (nSPS) is 11.5. The molecular formula is C29H22ClN5O4. The minimum absolute atomic E-state index is 0.0581. The van der Waals surface area contributed by atoms with E-state index >= 15 is 0 Å². The average Bonchev–Trinajstić information content (AvgIpc) is 3.57. The summed E-state index contributed by atoms with van der Waals surface area (Å²) in [5, 5.41) is 9.85. The van der Waals surface area contributed by atoms with Crippen molar-refractivity contribution >= 4 is 34.6 Å². The molecule has 0 aliphatic carbocycles. The van der Waals surface area contributed by atoms with Crippen LogP contribution in [0.3, 0.4) is 0 Å². The van der Waals surface area contributed by atoms with Gasteiger partial charge in [-0.1, -0.05) is 59.2 Å². The fraction of sp³-hybridized carbons (Fsp3) is 0.103. The van der Waals surface area contributed by atoms with E-state index in [0.717, 1.165) is 33.4 Å². The van der Waals surface area contributed by atoms with Crippen molar-refractivity contribution in [2.24, 2.45) is 5.16 Å². The van der Waals surface area contributed by atoms with Gasteiger partial charge in [-0.15, -0.1) is 5.10 Å². The molecule has 0 atom stereocenters. The Bertz CT molecular complexity index is 1810. The second-order valence-electron chi connectivity index (χ2n) is 8.52. The number of hydrogen-bond donors (Lipinski definition) is 0. The molecule has 3 aromatic carbocycles. The van der Waals surface area contributed by atoms with Crippen molar-refractivity contribution in [3.8, 4) is 33.9 Å². The third-order valence-electron chi connectivity index (χ3n) is 6.15. The number of rotatable bonds is 8. The van der Waals surface area contributed by atoms with Gasteiger partial charge in [-0.3, -0.25) is 0 Å². The van der Waals surface area contributed by atoms with Crippen LogP contribution in [0.2, 0.25) is 5.02 Å². The van der Waals surface area contributed by atoms with Crippen molar-refractivity contribution < 1.29 is 18.7 Å². The van der Waals surface area contributed by atoms with Crippen molar-refractivity contribution in [1.82, 2.24) is 19.6 Å². The number of fused-ring (bicyclic) bond motifs is 3. The first-order chi connectivity index (χ1) is 19.1. The summed E-state index contributed by atoms with van der Waals surface area (Å²) in [6.07, 6.45) is 3.12. The van der Waals surface area contributed by atoms with Crippen molar-refractivity contribution in [1.29, 1.82) is 0 Å². The summed E-state index contributed by atoms with van der Waals surface area (Å²) in [5.74, 6) is 2.54. The minimum Gasteiger partial charge on any atom is -0.497 e. The highest BCUT2D eigenvalue weighted by Gasteiger charge is 2.23. The van der Waals surface area contributed by atoms with Crippen LogP contribution in [0, 0.1) is 0 Å². The quantitative estimate of drug-likeness (QED) is 0.162. The van der Waals surface area contributed by atoms with Crippen LogP contribution in [0.4, 0.5) is 0 Å². The number of benzene rings is 3. The van der Waals surface area contributed by atoms with Gasteiger partial charge in [0, 0.05) is 21.7 Å². The lowest BCUT2D eigenvalue weighted by Crippen LogP contribution is -1.93. The maximum atomic E-state index is 6.33. The van der Waals surface area contributed by atoms with Crippen LogP contribution in [0.25, 0.3) is 39.2 Å². The first kappa shape index (κ1) is 24.4. The number of nitrogens with zero attached hydrogens (tertiary/aromatic N) is 5. The fourth-order valence-corrected chi connectivity index (χ4v) is 4.46. The molecule has 0 amide bonds. The summed E-state index contributed by atoms with van der Waals surface area (Å²) < 4.78 is 18.7. The highest BCUT2D eigenvalue weighted by Crippen LogP contribution is 2.42. The van der Waals surface area contributed by atoms with Gasteiger partial charge >= 0.3 is 0 Å². The maximum Gasteiger partial charge on any atom is 0.232 e. The summed E-state index contributed by atoms with van der Waals surface area (Å²) in [7, 11) is 3.27. The first-order valence-corrected chi connectivity index (χ1v) is 12.4. The molecule has 0 bridgehead atoms. The van der Waals surface area contributed by atoms with Crippen LogP contribution in [0.15, 0.2) is 88.7 Å². The lowest BCUT2D eigenvalue weighted by Gasteiger charge is -2.07. The molecule has 0 radical (unpaired) electrons. The van der Waals surface area contributed by atoms with Crippen LogP contribution >= 0.6 is 11.6 Å². The summed E-state index contributed by atoms with van der Waals surface area (Å²) in [5.41, 5.74) is 4.34. The number of ether oxygens (including phenoxy) is 2. The SMILES string of the molecule is COc1ccc(-c2c(-c3cccc(OC)c3)oc3ncn4nc(CO/N=C\c5ccccc5Cl)nc4c23)cc1. The van der Waals surface area contributed by atoms with Gasteiger partial charge < -0.3 is 18.7 Å². The molecule has 0 saturated heterocycles. The van der Waals surface area contributed by atoms with Gasteiger partial charge in [0.25, 0.3) is 0 Å². The van der Waals surface area contributed by atoms with Gasteiger partial charge in [-0.25, -0.2) is 14.5 Å². The Morgan fingerprint density at radius 3 is 2.56 bits per heavy atom. The number of halogens is 1. The molecule has 6 rings (SSSR count). The first-order valence-electron chi connectivity index (χ1n) is 12.0. The van der Waals surface area contributed by atoms with Crippen molar-refractivity contribution in [2.45, 2.75) is 6.61 Å². The van der Waals surface area contributed by atoms with E-state index in [2.05, 4.69) is 15.2 Å². The van der Waals surface area contributed by atoms with Crippen LogP contribution < -0.4 is 9.47 Å². The Labute approximate surface area is 228 Å². The summed E-state index contributed by atoms with van der Waals surface area (Å²) >= 11 is 6.17. The molecule has 3 aromatic heterocycles. The predicted octanol–water partition coefficient (Wildman–Crippen LogP) is 6.43. The third-order valence-corrected chi connectivity index (χ3v) is 6.49. The molecule has 0 unspecified atom stereocenters. The molecule has 9 nitrogen and oxygen atoms in total. The van der Waals surface area contributed by atoms with E-state index in [-0.39, 0.29) is 6.61 Å². The number of methoxy groups -OCH3 is 2. The molecule has 0 fully saturated rings. The van der Waals surface area contributed by atoms with E-state index in [4.69, 9.17) is 35.3 Å². The molecule has 194 valence electrons. The van der Waals surface area contributed by atoms with Crippen molar-refractivity contribution in [2.75, 3.05) is 14.2 Å². The summed E-state index contributed by atoms with van der Waals surface area (Å²) in [4.78, 5) is 14.7. The smallest absolute Gasteiger partial charge is 0.232 e. The van der Waals surface area contributed by atoms with Gasteiger partial charge in [0.1, 0.15) is 23.6 Å². The van der Waals surface area contributed by atoms with E-state index in [0.29, 0.717) is 33.7 Å². The monoisotopic (exact) mass is 539 g/mol. The number of aromatic nitrogens is 4. The Morgan fingerprint density at radius 2 is 1.77 bits per heavy atom. The number of furan rings is 1. The molecule has 0 spiro atoms. The van der Waals surface area contributed by atoms with Gasteiger partial charge in [0.2, 0.25) is 5.71 Å². The molecule has 0 N–H and O–H groups in total. The Morgan fingerprint density at radius 1 is 0.949 bits per heavy atom. The van der Waals surface area contributed by atoms with Crippen LogP contribution in [0.1, 0.15) is 11.4 Å². The summed E-state index contributed by atoms with van der Waals surface area (Å²) in [6, 6.07) is 22.8. The van der Waals surface area contributed by atoms with Crippen LogP contribution in [-0.4, -0.2) is 40.0 Å². The largest absolute Gasteiger partial charge is 0.497 e. The molecule has 3 heterocycles. The zero-order valence-electron chi connectivity index (χ0n) is 21.0. The van der Waals surface area contributed by atoms with E-state index in [1.165, 1.54) is 0 Å². The van der Waals surface area contributed by atoms with Gasteiger partial charge in [0.15, 0.2) is 18.1 Å². The second-order valence-corrected chi connectivity index (χ2v) is 8.92.